The predicted molar refractivity (Wildman–Crippen MR) is 153 cm³/mol. The quantitative estimate of drug-likeness (QED) is 0.326. The molecule has 0 fully saturated rings. The number of carbonyl (C=O) groups excluding carboxylic acids is 2. The monoisotopic (exact) mass is 605 g/mol. The van der Waals surface area contributed by atoms with Crippen LogP contribution in [0.25, 0.3) is 0 Å². The molecular formula is C30H34F3N3O5S. The van der Waals surface area contributed by atoms with Crippen LogP contribution >= 0.6 is 0 Å². The maximum atomic E-state index is 13.9. The van der Waals surface area contributed by atoms with Gasteiger partial charge in [-0.25, -0.2) is 8.42 Å². The van der Waals surface area contributed by atoms with Crippen molar-refractivity contribution in [3.05, 3.63) is 89.5 Å². The molecular weight excluding hydrogens is 571 g/mol. The van der Waals surface area contributed by atoms with Crippen LogP contribution in [0.15, 0.2) is 77.7 Å². The lowest BCUT2D eigenvalue weighted by molar-refractivity contribution is -0.139. The topological polar surface area (TPSA) is 96.0 Å². The predicted octanol–water partition coefficient (Wildman–Crippen LogP) is 5.16. The third-order valence-corrected chi connectivity index (χ3v) is 8.22. The zero-order chi connectivity index (χ0) is 31.2. The number of hydrogen-bond donors (Lipinski definition) is 1. The fourth-order valence-corrected chi connectivity index (χ4v) is 5.56. The van der Waals surface area contributed by atoms with Gasteiger partial charge in [0.1, 0.15) is 18.3 Å². The summed E-state index contributed by atoms with van der Waals surface area (Å²) in [6, 6.07) is 15.0. The summed E-state index contributed by atoms with van der Waals surface area (Å²) in [6.45, 7) is 5.80. The summed E-state index contributed by atoms with van der Waals surface area (Å²) < 4.78 is 74.3. The molecule has 0 heterocycles. The molecule has 0 saturated carbocycles. The summed E-state index contributed by atoms with van der Waals surface area (Å²) in [6.07, 6.45) is -4.75. The van der Waals surface area contributed by atoms with E-state index in [-0.39, 0.29) is 23.2 Å². The van der Waals surface area contributed by atoms with Crippen molar-refractivity contribution in [2.24, 2.45) is 0 Å². The lowest BCUT2D eigenvalue weighted by Crippen LogP contribution is -2.52. The van der Waals surface area contributed by atoms with E-state index in [1.807, 2.05) is 0 Å². The number of hydrogen-bond acceptors (Lipinski definition) is 5. The highest BCUT2D eigenvalue weighted by Gasteiger charge is 2.35. The summed E-state index contributed by atoms with van der Waals surface area (Å²) in [4.78, 5) is 27.9. The normalized spacial score (nSPS) is 12.5. The number of ether oxygens (including phenoxy) is 1. The summed E-state index contributed by atoms with van der Waals surface area (Å²) in [5.41, 5.74) is -0.0576. The zero-order valence-corrected chi connectivity index (χ0v) is 24.8. The van der Waals surface area contributed by atoms with Crippen molar-refractivity contribution in [3.8, 4) is 5.75 Å². The first-order valence-electron chi connectivity index (χ1n) is 13.1. The number of halogens is 3. The van der Waals surface area contributed by atoms with Gasteiger partial charge in [-0.3, -0.25) is 13.9 Å². The first-order chi connectivity index (χ1) is 19.6. The standard InChI is InChI=1S/C30H34F3N3O5S/c1-20(2)34-29(38)22(4)35(18-23-8-6-11-26(16-23)41-5)28(37)19-36(25-10-7-9-24(17-25)30(31,32)33)42(39,40)27-14-12-21(3)13-15-27/h6-17,20,22H,18-19H2,1-5H3,(H,34,38)/t22-/m1/s1. The minimum absolute atomic E-state index is 0.0935. The molecule has 0 saturated heterocycles. The van der Waals surface area contributed by atoms with E-state index >= 15 is 0 Å². The molecule has 0 aliphatic carbocycles. The van der Waals surface area contributed by atoms with Gasteiger partial charge in [0.05, 0.1) is 23.3 Å². The summed E-state index contributed by atoms with van der Waals surface area (Å²) in [5, 5.41) is 2.74. The minimum Gasteiger partial charge on any atom is -0.497 e. The van der Waals surface area contributed by atoms with Gasteiger partial charge in [0.25, 0.3) is 10.0 Å². The van der Waals surface area contributed by atoms with E-state index in [1.54, 1.807) is 57.2 Å². The average molecular weight is 606 g/mol. The van der Waals surface area contributed by atoms with E-state index in [4.69, 9.17) is 4.74 Å². The van der Waals surface area contributed by atoms with Crippen LogP contribution in [-0.2, 0) is 32.3 Å². The van der Waals surface area contributed by atoms with Crippen LogP contribution in [-0.4, -0.2) is 50.9 Å². The third kappa shape index (κ3) is 8.03. The highest BCUT2D eigenvalue weighted by Crippen LogP contribution is 2.33. The summed E-state index contributed by atoms with van der Waals surface area (Å²) in [5.74, 6) is -0.766. The molecule has 3 aromatic rings. The molecule has 0 aliphatic heterocycles. The second-order valence-corrected chi connectivity index (χ2v) is 11.9. The Hall–Kier alpha value is -4.06. The van der Waals surface area contributed by atoms with Crippen molar-refractivity contribution in [3.63, 3.8) is 0 Å². The van der Waals surface area contributed by atoms with Crippen molar-refractivity contribution in [1.29, 1.82) is 0 Å². The zero-order valence-electron chi connectivity index (χ0n) is 24.0. The van der Waals surface area contributed by atoms with Gasteiger partial charge in [0.15, 0.2) is 0 Å². The van der Waals surface area contributed by atoms with E-state index in [0.29, 0.717) is 21.7 Å². The highest BCUT2D eigenvalue weighted by molar-refractivity contribution is 7.92. The molecule has 1 atom stereocenters. The molecule has 3 rings (SSSR count). The van der Waals surface area contributed by atoms with E-state index < -0.39 is 46.2 Å². The van der Waals surface area contributed by atoms with E-state index in [1.165, 1.54) is 37.1 Å². The van der Waals surface area contributed by atoms with Gasteiger partial charge in [0, 0.05) is 12.6 Å². The number of alkyl halides is 3. The first kappa shape index (κ1) is 32.5. The van der Waals surface area contributed by atoms with Crippen molar-refractivity contribution in [2.45, 2.75) is 57.4 Å². The number of sulfonamides is 1. The second-order valence-electron chi connectivity index (χ2n) is 10.1. The smallest absolute Gasteiger partial charge is 0.416 e. The number of amides is 2. The molecule has 0 aliphatic rings. The van der Waals surface area contributed by atoms with Gasteiger partial charge >= 0.3 is 6.18 Å². The number of rotatable bonds is 11. The maximum Gasteiger partial charge on any atom is 0.416 e. The fraction of sp³-hybridized carbons (Fsp3) is 0.333. The second kappa shape index (κ2) is 13.3. The number of nitrogens with one attached hydrogen (secondary N) is 1. The molecule has 3 aromatic carbocycles. The van der Waals surface area contributed by atoms with Crippen LogP contribution in [0, 0.1) is 6.92 Å². The van der Waals surface area contributed by atoms with Gasteiger partial charge < -0.3 is 15.0 Å². The SMILES string of the molecule is COc1cccc(CN(C(=O)CN(c2cccc(C(F)(F)F)c2)S(=O)(=O)c2ccc(C)cc2)[C@H](C)C(=O)NC(C)C)c1. The molecule has 8 nitrogen and oxygen atoms in total. The molecule has 0 spiro atoms. The Morgan fingerprint density at radius 3 is 2.19 bits per heavy atom. The number of nitrogens with zero attached hydrogens (tertiary/aromatic N) is 2. The Morgan fingerprint density at radius 2 is 1.60 bits per heavy atom. The van der Waals surface area contributed by atoms with Crippen LogP contribution in [0.4, 0.5) is 18.9 Å². The van der Waals surface area contributed by atoms with Crippen LogP contribution in [0.5, 0.6) is 5.75 Å². The van der Waals surface area contributed by atoms with E-state index in [0.717, 1.165) is 17.7 Å². The number of methoxy groups -OCH3 is 1. The third-order valence-electron chi connectivity index (χ3n) is 6.43. The van der Waals surface area contributed by atoms with Gasteiger partial charge in [0.2, 0.25) is 11.8 Å². The van der Waals surface area contributed by atoms with Gasteiger partial charge in [-0.2, -0.15) is 13.2 Å². The molecule has 0 aromatic heterocycles. The molecule has 2 amide bonds. The van der Waals surface area contributed by atoms with Gasteiger partial charge in [-0.05, 0) is 75.7 Å². The number of benzene rings is 3. The van der Waals surface area contributed by atoms with Crippen molar-refractivity contribution in [2.75, 3.05) is 18.0 Å². The molecule has 0 unspecified atom stereocenters. The van der Waals surface area contributed by atoms with Crippen LogP contribution in [0.3, 0.4) is 0 Å². The lowest BCUT2D eigenvalue weighted by atomic mass is 10.1. The van der Waals surface area contributed by atoms with Crippen molar-refractivity contribution < 1.29 is 35.9 Å². The average Bonchev–Trinajstić information content (AvgIpc) is 2.93. The minimum atomic E-state index is -4.75. The Kier molecular flexibility index (Phi) is 10.3. The van der Waals surface area contributed by atoms with Crippen LogP contribution in [0.1, 0.15) is 37.5 Å². The van der Waals surface area contributed by atoms with Gasteiger partial charge in [-0.15, -0.1) is 0 Å². The maximum absolute atomic E-state index is 13.9. The molecule has 1 N–H and O–H groups in total. The Bertz CT molecular complexity index is 1510. The van der Waals surface area contributed by atoms with Crippen LogP contribution in [0.2, 0.25) is 0 Å². The Balaban J connectivity index is 2.10. The molecule has 12 heteroatoms. The fourth-order valence-electron chi connectivity index (χ4n) is 4.16. The van der Waals surface area contributed by atoms with Crippen molar-refractivity contribution >= 4 is 27.5 Å². The summed E-state index contributed by atoms with van der Waals surface area (Å²) >= 11 is 0. The number of anilines is 1. The van der Waals surface area contributed by atoms with Gasteiger partial charge in [-0.1, -0.05) is 35.9 Å². The van der Waals surface area contributed by atoms with E-state index in [2.05, 4.69) is 5.32 Å². The lowest BCUT2D eigenvalue weighted by Gasteiger charge is -2.32. The first-order valence-corrected chi connectivity index (χ1v) is 14.6. The summed E-state index contributed by atoms with van der Waals surface area (Å²) in [7, 11) is -3.04. The van der Waals surface area contributed by atoms with Crippen LogP contribution < -0.4 is 14.4 Å². The largest absolute Gasteiger partial charge is 0.497 e. The Morgan fingerprint density at radius 1 is 0.952 bits per heavy atom. The number of carbonyl (C=O) groups is 2. The molecule has 226 valence electrons. The molecule has 0 radical (unpaired) electrons. The Labute approximate surface area is 244 Å². The number of aryl methyl sites for hydroxylation is 1. The van der Waals surface area contributed by atoms with Crippen molar-refractivity contribution in [1.82, 2.24) is 10.2 Å². The van der Waals surface area contributed by atoms with E-state index in [9.17, 15) is 31.2 Å². The highest BCUT2D eigenvalue weighted by atomic mass is 32.2. The molecule has 0 bridgehead atoms. The molecule has 42 heavy (non-hydrogen) atoms.